The highest BCUT2D eigenvalue weighted by Crippen LogP contribution is 2.31. The molecule has 2 unspecified atom stereocenters. The molecule has 1 heterocycles. The zero-order valence-electron chi connectivity index (χ0n) is 12.3. The molecule has 1 aliphatic rings. The summed E-state index contributed by atoms with van der Waals surface area (Å²) in [5.74, 6) is 1.05. The van der Waals surface area contributed by atoms with Gasteiger partial charge < -0.3 is 15.2 Å². The molecule has 1 aromatic rings. The minimum atomic E-state index is -3.54. The lowest BCUT2D eigenvalue weighted by molar-refractivity contribution is 0.353. The molecule has 1 aromatic carbocycles. The van der Waals surface area contributed by atoms with E-state index in [4.69, 9.17) is 15.2 Å². The monoisotopic (exact) mass is 336 g/mol. The summed E-state index contributed by atoms with van der Waals surface area (Å²) in [5, 5.41) is 0. The maximum Gasteiger partial charge on any atom is 0.243 e. The highest BCUT2D eigenvalue weighted by atomic mass is 35.5. The van der Waals surface area contributed by atoms with Crippen LogP contribution in [0.3, 0.4) is 0 Å². The second-order valence-corrected chi connectivity index (χ2v) is 6.92. The van der Waals surface area contributed by atoms with Gasteiger partial charge in [0.05, 0.1) is 19.1 Å². The van der Waals surface area contributed by atoms with Crippen LogP contribution in [0.5, 0.6) is 11.5 Å². The predicted molar refractivity (Wildman–Crippen MR) is 82.7 cm³/mol. The van der Waals surface area contributed by atoms with E-state index in [2.05, 4.69) is 0 Å². The van der Waals surface area contributed by atoms with E-state index in [0.29, 0.717) is 24.6 Å². The molecule has 21 heavy (non-hydrogen) atoms. The minimum Gasteiger partial charge on any atom is -0.493 e. The lowest BCUT2D eigenvalue weighted by Crippen LogP contribution is -2.32. The van der Waals surface area contributed by atoms with Crippen molar-refractivity contribution >= 4 is 22.4 Å². The van der Waals surface area contributed by atoms with Crippen LogP contribution < -0.4 is 15.2 Å². The second kappa shape index (κ2) is 6.83. The molecule has 0 spiro atoms. The number of nitrogens with two attached hydrogens (primary N) is 1. The van der Waals surface area contributed by atoms with Crippen molar-refractivity contribution in [2.24, 2.45) is 11.7 Å². The van der Waals surface area contributed by atoms with Crippen LogP contribution in [0.2, 0.25) is 0 Å². The van der Waals surface area contributed by atoms with Crippen LogP contribution in [-0.4, -0.2) is 46.1 Å². The molecule has 0 aromatic heterocycles. The number of sulfonamides is 1. The van der Waals surface area contributed by atoms with E-state index in [9.17, 15) is 8.42 Å². The summed E-state index contributed by atoms with van der Waals surface area (Å²) in [4.78, 5) is 0.191. The molecular weight excluding hydrogens is 316 g/mol. The fourth-order valence-corrected chi connectivity index (χ4v) is 3.86. The standard InChI is InChI=1S/C13H20N2O4S.ClH/c1-9-7-15(8-11(9)14)20(16,17)10-4-5-12(18-2)13(6-10)19-3;/h4-6,9,11H,7-8,14H2,1-3H3;1H. The Morgan fingerprint density at radius 3 is 2.29 bits per heavy atom. The van der Waals surface area contributed by atoms with Gasteiger partial charge in [-0.1, -0.05) is 6.92 Å². The first kappa shape index (κ1) is 18.0. The van der Waals surface area contributed by atoms with Crippen molar-refractivity contribution in [3.8, 4) is 11.5 Å². The van der Waals surface area contributed by atoms with Crippen molar-refractivity contribution in [2.75, 3.05) is 27.3 Å². The molecule has 0 bridgehead atoms. The largest absolute Gasteiger partial charge is 0.493 e. The molecule has 0 saturated carbocycles. The SMILES string of the molecule is COc1ccc(S(=O)(=O)N2CC(C)C(N)C2)cc1OC.Cl. The molecular formula is C13H21ClN2O4S. The first-order valence-corrected chi connectivity index (χ1v) is 7.82. The Morgan fingerprint density at radius 1 is 1.19 bits per heavy atom. The molecule has 1 aliphatic heterocycles. The van der Waals surface area contributed by atoms with Gasteiger partial charge in [-0.15, -0.1) is 12.4 Å². The highest BCUT2D eigenvalue weighted by molar-refractivity contribution is 7.89. The molecule has 1 fully saturated rings. The topological polar surface area (TPSA) is 81.9 Å². The Balaban J connectivity index is 0.00000220. The molecule has 120 valence electrons. The Hall–Kier alpha value is -1.02. The average molecular weight is 337 g/mol. The van der Waals surface area contributed by atoms with Crippen molar-refractivity contribution < 1.29 is 17.9 Å². The van der Waals surface area contributed by atoms with Gasteiger partial charge >= 0.3 is 0 Å². The molecule has 1 saturated heterocycles. The number of benzene rings is 1. The molecule has 6 nitrogen and oxygen atoms in total. The second-order valence-electron chi connectivity index (χ2n) is 4.98. The van der Waals surface area contributed by atoms with E-state index in [1.165, 1.54) is 30.7 Å². The van der Waals surface area contributed by atoms with E-state index in [0.717, 1.165) is 0 Å². The fraction of sp³-hybridized carbons (Fsp3) is 0.538. The van der Waals surface area contributed by atoms with Gasteiger partial charge in [0, 0.05) is 25.2 Å². The summed E-state index contributed by atoms with van der Waals surface area (Å²) in [6, 6.07) is 4.46. The number of hydrogen-bond donors (Lipinski definition) is 1. The Kier molecular flexibility index (Phi) is 5.86. The van der Waals surface area contributed by atoms with Crippen LogP contribution >= 0.6 is 12.4 Å². The van der Waals surface area contributed by atoms with Crippen LogP contribution in [0, 0.1) is 5.92 Å². The molecule has 2 N–H and O–H groups in total. The van der Waals surface area contributed by atoms with Crippen molar-refractivity contribution in [1.82, 2.24) is 4.31 Å². The van der Waals surface area contributed by atoms with Crippen molar-refractivity contribution in [3.63, 3.8) is 0 Å². The molecule has 0 amide bonds. The summed E-state index contributed by atoms with van der Waals surface area (Å²) in [6.07, 6.45) is 0. The number of ether oxygens (including phenoxy) is 2. The Labute approximate surface area is 131 Å². The minimum absolute atomic E-state index is 0. The number of nitrogens with zero attached hydrogens (tertiary/aromatic N) is 1. The lowest BCUT2D eigenvalue weighted by atomic mass is 10.1. The van der Waals surface area contributed by atoms with Gasteiger partial charge in [0.25, 0.3) is 0 Å². The van der Waals surface area contributed by atoms with Crippen LogP contribution in [0.4, 0.5) is 0 Å². The average Bonchev–Trinajstić information content (AvgIpc) is 2.78. The van der Waals surface area contributed by atoms with Crippen LogP contribution in [0.15, 0.2) is 23.1 Å². The maximum absolute atomic E-state index is 12.6. The number of hydrogen-bond acceptors (Lipinski definition) is 5. The van der Waals surface area contributed by atoms with Crippen molar-refractivity contribution in [2.45, 2.75) is 17.9 Å². The third-order valence-electron chi connectivity index (χ3n) is 3.63. The third-order valence-corrected chi connectivity index (χ3v) is 5.46. The van der Waals surface area contributed by atoms with Crippen molar-refractivity contribution in [1.29, 1.82) is 0 Å². The maximum atomic E-state index is 12.6. The number of halogens is 1. The summed E-state index contributed by atoms with van der Waals surface area (Å²) in [5.41, 5.74) is 5.89. The van der Waals surface area contributed by atoms with E-state index in [1.807, 2.05) is 6.92 Å². The van der Waals surface area contributed by atoms with Crippen LogP contribution in [0.1, 0.15) is 6.92 Å². The fourth-order valence-electron chi connectivity index (χ4n) is 2.27. The highest BCUT2D eigenvalue weighted by Gasteiger charge is 2.35. The van der Waals surface area contributed by atoms with Gasteiger partial charge in [-0.25, -0.2) is 8.42 Å². The van der Waals surface area contributed by atoms with Gasteiger partial charge in [0.2, 0.25) is 10.0 Å². The molecule has 2 atom stereocenters. The van der Waals surface area contributed by atoms with Gasteiger partial charge in [-0.3, -0.25) is 0 Å². The van der Waals surface area contributed by atoms with Crippen LogP contribution in [0.25, 0.3) is 0 Å². The van der Waals surface area contributed by atoms with E-state index >= 15 is 0 Å². The lowest BCUT2D eigenvalue weighted by Gasteiger charge is -2.17. The van der Waals surface area contributed by atoms with Gasteiger partial charge in [-0.05, 0) is 18.1 Å². The summed E-state index contributed by atoms with van der Waals surface area (Å²) < 4.78 is 36.8. The van der Waals surface area contributed by atoms with E-state index in [1.54, 1.807) is 6.07 Å². The molecule has 8 heteroatoms. The van der Waals surface area contributed by atoms with Crippen molar-refractivity contribution in [3.05, 3.63) is 18.2 Å². The number of methoxy groups -OCH3 is 2. The zero-order valence-corrected chi connectivity index (χ0v) is 13.9. The summed E-state index contributed by atoms with van der Waals surface area (Å²) >= 11 is 0. The van der Waals surface area contributed by atoms with Gasteiger partial charge in [0.15, 0.2) is 11.5 Å². The summed E-state index contributed by atoms with van der Waals surface area (Å²) in [6.45, 7) is 2.74. The smallest absolute Gasteiger partial charge is 0.243 e. The molecule has 2 rings (SSSR count). The van der Waals surface area contributed by atoms with Gasteiger partial charge in [-0.2, -0.15) is 4.31 Å². The molecule has 0 radical (unpaired) electrons. The first-order valence-electron chi connectivity index (χ1n) is 6.38. The van der Waals surface area contributed by atoms with Gasteiger partial charge in [0.1, 0.15) is 0 Å². The Morgan fingerprint density at radius 2 is 1.81 bits per heavy atom. The normalized spacial score (nSPS) is 22.7. The van der Waals surface area contributed by atoms with E-state index in [-0.39, 0.29) is 29.3 Å². The quantitative estimate of drug-likeness (QED) is 0.890. The first-order chi connectivity index (χ1) is 9.40. The summed E-state index contributed by atoms with van der Waals surface area (Å²) in [7, 11) is -0.563. The predicted octanol–water partition coefficient (Wildman–Crippen LogP) is 1.09. The number of rotatable bonds is 4. The van der Waals surface area contributed by atoms with E-state index < -0.39 is 10.0 Å². The third kappa shape index (κ3) is 3.42. The zero-order chi connectivity index (χ0) is 14.9. The Bertz CT molecular complexity index is 584. The molecule has 0 aliphatic carbocycles. The van der Waals surface area contributed by atoms with Crippen LogP contribution in [-0.2, 0) is 10.0 Å².